The summed E-state index contributed by atoms with van der Waals surface area (Å²) in [6.45, 7) is 0.357. The van der Waals surface area contributed by atoms with Crippen molar-refractivity contribution in [2.24, 2.45) is 0 Å². The largest absolute Gasteiger partial charge is 0.352 e. The molecule has 4 N–H and O–H groups in total. The van der Waals surface area contributed by atoms with E-state index in [4.69, 9.17) is 11.6 Å². The number of hydrogen-bond acceptors (Lipinski definition) is 6. The van der Waals surface area contributed by atoms with Crippen molar-refractivity contribution in [2.45, 2.75) is 18.5 Å². The molecule has 0 bridgehead atoms. The van der Waals surface area contributed by atoms with Crippen molar-refractivity contribution in [3.8, 4) is 0 Å². The molecule has 11 heteroatoms. The zero-order valence-electron chi connectivity index (χ0n) is 15.1. The summed E-state index contributed by atoms with van der Waals surface area (Å²) in [7, 11) is 0. The topological polar surface area (TPSA) is 129 Å². The molecule has 0 aliphatic carbocycles. The monoisotopic (exact) mass is 435 g/mol. The number of β-lactam (4-membered cyclic amide) rings is 1. The Morgan fingerprint density at radius 1 is 1.24 bits per heavy atom. The first-order valence-electron chi connectivity index (χ1n) is 8.69. The van der Waals surface area contributed by atoms with E-state index < -0.39 is 29.8 Å². The SMILES string of the molecule is O=C(CCl)Nc1nc(CC(=O)NC(C(=O)NC2CNC2=O)c2ccccc2)cs1. The number of benzene rings is 1. The van der Waals surface area contributed by atoms with Gasteiger partial charge in [-0.3, -0.25) is 19.2 Å². The van der Waals surface area contributed by atoms with E-state index >= 15 is 0 Å². The van der Waals surface area contributed by atoms with E-state index in [1.54, 1.807) is 35.7 Å². The van der Waals surface area contributed by atoms with Gasteiger partial charge in [0.05, 0.1) is 12.1 Å². The number of rotatable bonds is 8. The third-order valence-electron chi connectivity index (χ3n) is 4.07. The van der Waals surface area contributed by atoms with E-state index in [1.807, 2.05) is 0 Å². The first-order valence-corrected chi connectivity index (χ1v) is 10.1. The summed E-state index contributed by atoms with van der Waals surface area (Å²) in [5.74, 6) is -1.74. The molecule has 2 unspecified atom stereocenters. The second kappa shape index (κ2) is 9.48. The maximum atomic E-state index is 12.7. The minimum atomic E-state index is -0.953. The van der Waals surface area contributed by atoms with Crippen LogP contribution in [0.2, 0.25) is 0 Å². The van der Waals surface area contributed by atoms with Crippen LogP contribution in [-0.2, 0) is 25.6 Å². The molecular formula is C18H18ClN5O4S. The molecular weight excluding hydrogens is 418 g/mol. The summed E-state index contributed by atoms with van der Waals surface area (Å²) in [6.07, 6.45) is -0.0756. The number of hydrogen-bond donors (Lipinski definition) is 4. The molecule has 4 amide bonds. The van der Waals surface area contributed by atoms with E-state index in [0.717, 1.165) is 0 Å². The van der Waals surface area contributed by atoms with E-state index in [1.165, 1.54) is 11.3 Å². The normalized spacial score (nSPS) is 16.2. The highest BCUT2D eigenvalue weighted by Crippen LogP contribution is 2.17. The predicted molar refractivity (Wildman–Crippen MR) is 107 cm³/mol. The Morgan fingerprint density at radius 2 is 2.00 bits per heavy atom. The molecule has 1 saturated heterocycles. The lowest BCUT2D eigenvalue weighted by Crippen LogP contribution is -2.63. The lowest BCUT2D eigenvalue weighted by atomic mass is 10.0. The summed E-state index contributed by atoms with van der Waals surface area (Å²) in [6, 6.07) is 7.19. The summed E-state index contributed by atoms with van der Waals surface area (Å²) in [5.41, 5.74) is 1.04. The van der Waals surface area contributed by atoms with Crippen molar-refractivity contribution >= 4 is 51.7 Å². The fourth-order valence-corrected chi connectivity index (χ4v) is 3.37. The van der Waals surface area contributed by atoms with Crippen LogP contribution in [0.3, 0.4) is 0 Å². The maximum Gasteiger partial charge on any atom is 0.247 e. The van der Waals surface area contributed by atoms with Gasteiger partial charge in [0.1, 0.15) is 18.0 Å². The van der Waals surface area contributed by atoms with Gasteiger partial charge < -0.3 is 21.3 Å². The summed E-state index contributed by atoms with van der Waals surface area (Å²) < 4.78 is 0. The summed E-state index contributed by atoms with van der Waals surface area (Å²) in [4.78, 5) is 52.1. The molecule has 3 rings (SSSR count). The molecule has 9 nitrogen and oxygen atoms in total. The van der Waals surface area contributed by atoms with Crippen LogP contribution < -0.4 is 21.3 Å². The molecule has 0 spiro atoms. The second-order valence-electron chi connectivity index (χ2n) is 6.22. The van der Waals surface area contributed by atoms with Gasteiger partial charge in [0.15, 0.2) is 5.13 Å². The van der Waals surface area contributed by atoms with E-state index in [-0.39, 0.29) is 18.2 Å². The zero-order chi connectivity index (χ0) is 20.8. The number of aromatic nitrogens is 1. The van der Waals surface area contributed by atoms with E-state index in [9.17, 15) is 19.2 Å². The molecule has 1 aromatic carbocycles. The van der Waals surface area contributed by atoms with Crippen LogP contribution in [0.5, 0.6) is 0 Å². The number of alkyl halides is 1. The van der Waals surface area contributed by atoms with Crippen LogP contribution >= 0.6 is 22.9 Å². The molecule has 0 radical (unpaired) electrons. The smallest absolute Gasteiger partial charge is 0.247 e. The molecule has 1 aromatic heterocycles. The molecule has 152 valence electrons. The number of carbonyl (C=O) groups excluding carboxylic acids is 4. The fourth-order valence-electron chi connectivity index (χ4n) is 2.58. The quantitative estimate of drug-likeness (QED) is 0.351. The standard InChI is InChI=1S/C18H18ClN5O4S/c19-7-14(26)24-18-21-11(9-29-18)6-13(25)23-15(10-4-2-1-3-5-10)17(28)22-12-8-20-16(12)27/h1-5,9,12,15H,6-8H2,(H,20,27)(H,22,28)(H,23,25)(H,21,24,26). The maximum absolute atomic E-state index is 12.7. The Hall–Kier alpha value is -2.98. The van der Waals surface area contributed by atoms with Gasteiger partial charge in [-0.1, -0.05) is 30.3 Å². The highest BCUT2D eigenvalue weighted by molar-refractivity contribution is 7.14. The highest BCUT2D eigenvalue weighted by atomic mass is 35.5. The Balaban J connectivity index is 1.65. The van der Waals surface area contributed by atoms with Crippen molar-refractivity contribution in [1.29, 1.82) is 0 Å². The molecule has 1 aliphatic heterocycles. The van der Waals surface area contributed by atoms with E-state index in [0.29, 0.717) is 22.9 Å². The molecule has 1 fully saturated rings. The van der Waals surface area contributed by atoms with Crippen molar-refractivity contribution in [3.63, 3.8) is 0 Å². The number of anilines is 1. The number of amides is 4. The van der Waals surface area contributed by atoms with Gasteiger partial charge >= 0.3 is 0 Å². The molecule has 2 aromatic rings. The minimum Gasteiger partial charge on any atom is -0.352 e. The first-order chi connectivity index (χ1) is 14.0. The average Bonchev–Trinajstić information content (AvgIpc) is 3.15. The van der Waals surface area contributed by atoms with E-state index in [2.05, 4.69) is 26.3 Å². The number of nitrogens with zero attached hydrogens (tertiary/aromatic N) is 1. The van der Waals surface area contributed by atoms with Crippen LogP contribution in [0.25, 0.3) is 0 Å². The van der Waals surface area contributed by atoms with Gasteiger partial charge in [0, 0.05) is 11.9 Å². The van der Waals surface area contributed by atoms with Gasteiger partial charge in [-0.15, -0.1) is 22.9 Å². The highest BCUT2D eigenvalue weighted by Gasteiger charge is 2.32. The summed E-state index contributed by atoms with van der Waals surface area (Å²) in [5, 5.41) is 12.4. The third-order valence-corrected chi connectivity index (χ3v) is 5.12. The molecule has 2 atom stereocenters. The Kier molecular flexibility index (Phi) is 6.78. The second-order valence-corrected chi connectivity index (χ2v) is 7.35. The average molecular weight is 436 g/mol. The summed E-state index contributed by atoms with van der Waals surface area (Å²) >= 11 is 6.61. The molecule has 29 heavy (non-hydrogen) atoms. The van der Waals surface area contributed by atoms with Crippen molar-refractivity contribution in [1.82, 2.24) is 20.9 Å². The van der Waals surface area contributed by atoms with Crippen LogP contribution in [0.1, 0.15) is 17.3 Å². The molecule has 1 aliphatic rings. The minimum absolute atomic E-state index is 0.0756. The van der Waals surface area contributed by atoms with Crippen LogP contribution in [0.15, 0.2) is 35.7 Å². The van der Waals surface area contributed by atoms with Crippen LogP contribution in [0.4, 0.5) is 5.13 Å². The lowest BCUT2D eigenvalue weighted by molar-refractivity contribution is -0.135. The third kappa shape index (κ3) is 5.52. The number of thiazole rings is 1. The van der Waals surface area contributed by atoms with Crippen molar-refractivity contribution in [3.05, 3.63) is 47.0 Å². The van der Waals surface area contributed by atoms with Crippen molar-refractivity contribution in [2.75, 3.05) is 17.7 Å². The van der Waals surface area contributed by atoms with Gasteiger partial charge in [-0.2, -0.15) is 0 Å². The molecule has 2 heterocycles. The van der Waals surface area contributed by atoms with Gasteiger partial charge in [0.2, 0.25) is 23.6 Å². The Morgan fingerprint density at radius 3 is 2.62 bits per heavy atom. The predicted octanol–water partition coefficient (Wildman–Crippen LogP) is 0.335. The Bertz CT molecular complexity index is 920. The van der Waals surface area contributed by atoms with Crippen molar-refractivity contribution < 1.29 is 19.2 Å². The first kappa shape index (κ1) is 20.7. The van der Waals surface area contributed by atoms with Crippen LogP contribution in [-0.4, -0.2) is 47.1 Å². The fraction of sp³-hybridized carbons (Fsp3) is 0.278. The van der Waals surface area contributed by atoms with Gasteiger partial charge in [0.25, 0.3) is 0 Å². The van der Waals surface area contributed by atoms with Gasteiger partial charge in [-0.05, 0) is 5.56 Å². The lowest BCUT2D eigenvalue weighted by Gasteiger charge is -2.29. The van der Waals surface area contributed by atoms with Crippen LogP contribution in [0, 0.1) is 0 Å². The number of halogens is 1. The Labute approximate surface area is 175 Å². The molecule has 0 saturated carbocycles. The number of nitrogens with one attached hydrogen (secondary N) is 4. The zero-order valence-corrected chi connectivity index (χ0v) is 16.7. The number of carbonyl (C=O) groups is 4. The van der Waals surface area contributed by atoms with Gasteiger partial charge in [-0.25, -0.2) is 4.98 Å².